The predicted molar refractivity (Wildman–Crippen MR) is 64.8 cm³/mol. The van der Waals surface area contributed by atoms with Crippen LogP contribution in [-0.2, 0) is 13.0 Å². The van der Waals surface area contributed by atoms with Gasteiger partial charge >= 0.3 is 0 Å². The van der Waals surface area contributed by atoms with E-state index in [9.17, 15) is 4.91 Å². The molecule has 1 unspecified atom stereocenters. The van der Waals surface area contributed by atoms with Gasteiger partial charge in [-0.3, -0.25) is 4.68 Å². The molecule has 0 spiro atoms. The minimum Gasteiger partial charge on any atom is -0.251 e. The van der Waals surface area contributed by atoms with Gasteiger partial charge in [0.1, 0.15) is 18.7 Å². The lowest BCUT2D eigenvalue weighted by molar-refractivity contribution is 0.507. The number of rotatable bonds is 5. The molecule has 0 aliphatic carbocycles. The first-order valence-electron chi connectivity index (χ1n) is 5.17. The van der Waals surface area contributed by atoms with E-state index in [1.54, 1.807) is 23.1 Å². The Morgan fingerprint density at radius 3 is 2.71 bits per heavy atom. The molecule has 0 fully saturated rings. The van der Waals surface area contributed by atoms with E-state index in [4.69, 9.17) is 11.6 Å². The second-order valence-corrected chi connectivity index (χ2v) is 4.14. The zero-order chi connectivity index (χ0) is 12.1. The Balaban J connectivity index is 2.00. The van der Waals surface area contributed by atoms with E-state index < -0.39 is 0 Å². The molecule has 1 heterocycles. The van der Waals surface area contributed by atoms with E-state index in [0.717, 1.165) is 5.56 Å². The van der Waals surface area contributed by atoms with Gasteiger partial charge in [-0.2, -0.15) is 10.0 Å². The molecule has 0 amide bonds. The van der Waals surface area contributed by atoms with Gasteiger partial charge in [0.05, 0.1) is 6.54 Å². The first-order valence-corrected chi connectivity index (χ1v) is 5.55. The number of hydrogen-bond donors (Lipinski definition) is 0. The monoisotopic (exact) mass is 250 g/mol. The molecule has 0 saturated carbocycles. The summed E-state index contributed by atoms with van der Waals surface area (Å²) in [6, 6.07) is 7.03. The molecule has 2 aromatic rings. The summed E-state index contributed by atoms with van der Waals surface area (Å²) in [5.41, 5.74) is 1.03. The Labute approximate surface area is 103 Å². The first kappa shape index (κ1) is 11.7. The van der Waals surface area contributed by atoms with Crippen molar-refractivity contribution in [2.24, 2.45) is 5.18 Å². The maximum atomic E-state index is 10.8. The van der Waals surface area contributed by atoms with Gasteiger partial charge in [-0.15, -0.1) is 0 Å². The average molecular weight is 251 g/mol. The smallest absolute Gasteiger partial charge is 0.137 e. The lowest BCUT2D eigenvalue weighted by Gasteiger charge is -2.08. The zero-order valence-corrected chi connectivity index (χ0v) is 9.79. The minimum absolute atomic E-state index is 0.349. The third kappa shape index (κ3) is 3.35. The van der Waals surface area contributed by atoms with Crippen LogP contribution in [0.2, 0.25) is 5.02 Å². The second kappa shape index (κ2) is 5.54. The largest absolute Gasteiger partial charge is 0.251 e. The molecule has 0 aliphatic rings. The van der Waals surface area contributed by atoms with Crippen LogP contribution < -0.4 is 0 Å². The number of hydrogen-bond acceptors (Lipinski definition) is 4. The van der Waals surface area contributed by atoms with Gasteiger partial charge in [0.2, 0.25) is 0 Å². The van der Waals surface area contributed by atoms with Crippen molar-refractivity contribution in [2.45, 2.75) is 19.0 Å². The van der Waals surface area contributed by atoms with E-state index in [1.165, 1.54) is 6.33 Å². The summed E-state index contributed by atoms with van der Waals surface area (Å²) >= 11 is 5.79. The molecule has 1 atom stereocenters. The molecule has 17 heavy (non-hydrogen) atoms. The van der Waals surface area contributed by atoms with E-state index >= 15 is 0 Å². The van der Waals surface area contributed by atoms with E-state index in [1.807, 2.05) is 12.1 Å². The average Bonchev–Trinajstić information content (AvgIpc) is 2.84. The molecule has 2 rings (SSSR count). The summed E-state index contributed by atoms with van der Waals surface area (Å²) in [6.45, 7) is 0.437. The van der Waals surface area contributed by atoms with Crippen molar-refractivity contribution >= 4 is 11.6 Å². The normalized spacial score (nSPS) is 12.3. The van der Waals surface area contributed by atoms with Crippen molar-refractivity contribution in [3.8, 4) is 0 Å². The standard InChI is InChI=1S/C11H11ClN4O/c12-10-3-1-9(2-4-10)5-11(15-17)6-16-8-13-7-14-16/h1-4,7-8,11H,5-6H2. The molecule has 1 aromatic carbocycles. The number of nitroso groups, excluding NO2 is 1. The lowest BCUT2D eigenvalue weighted by Crippen LogP contribution is -2.17. The predicted octanol–water partition coefficient (Wildman–Crippen LogP) is 2.31. The molecule has 1 aromatic heterocycles. The highest BCUT2D eigenvalue weighted by Crippen LogP contribution is 2.12. The Morgan fingerprint density at radius 1 is 1.35 bits per heavy atom. The van der Waals surface area contributed by atoms with Gasteiger partial charge < -0.3 is 0 Å². The van der Waals surface area contributed by atoms with Crippen LogP contribution in [0.15, 0.2) is 42.1 Å². The molecule has 0 radical (unpaired) electrons. The van der Waals surface area contributed by atoms with Gasteiger partial charge in [-0.05, 0) is 17.7 Å². The fourth-order valence-electron chi connectivity index (χ4n) is 1.57. The van der Waals surface area contributed by atoms with Crippen LogP contribution in [0.4, 0.5) is 0 Å². The quantitative estimate of drug-likeness (QED) is 0.765. The highest BCUT2D eigenvalue weighted by Gasteiger charge is 2.11. The molecule has 0 N–H and O–H groups in total. The van der Waals surface area contributed by atoms with Gasteiger partial charge in [-0.25, -0.2) is 4.98 Å². The van der Waals surface area contributed by atoms with Crippen LogP contribution in [0.25, 0.3) is 0 Å². The molecular weight excluding hydrogens is 240 g/mol. The van der Waals surface area contributed by atoms with Crippen LogP contribution in [0.3, 0.4) is 0 Å². The van der Waals surface area contributed by atoms with Gasteiger partial charge in [0.25, 0.3) is 0 Å². The van der Waals surface area contributed by atoms with Crippen molar-refractivity contribution in [1.82, 2.24) is 14.8 Å². The lowest BCUT2D eigenvalue weighted by atomic mass is 10.1. The molecule has 5 nitrogen and oxygen atoms in total. The fraction of sp³-hybridized carbons (Fsp3) is 0.273. The maximum Gasteiger partial charge on any atom is 0.137 e. The molecule has 6 heteroatoms. The van der Waals surface area contributed by atoms with Crippen molar-refractivity contribution in [3.05, 3.63) is 52.4 Å². The third-order valence-electron chi connectivity index (χ3n) is 2.40. The van der Waals surface area contributed by atoms with Gasteiger partial charge in [0.15, 0.2) is 0 Å². The summed E-state index contributed by atoms with van der Waals surface area (Å²) < 4.78 is 1.60. The highest BCUT2D eigenvalue weighted by atomic mass is 35.5. The SMILES string of the molecule is O=NC(Cc1ccc(Cl)cc1)Cn1cncn1. The molecule has 0 saturated heterocycles. The summed E-state index contributed by atoms with van der Waals surface area (Å²) in [5, 5.41) is 7.74. The van der Waals surface area contributed by atoms with Gasteiger partial charge in [-0.1, -0.05) is 28.9 Å². The van der Waals surface area contributed by atoms with Gasteiger partial charge in [0, 0.05) is 11.4 Å². The van der Waals surface area contributed by atoms with Crippen LogP contribution in [-0.4, -0.2) is 20.8 Å². The number of halogens is 1. The van der Waals surface area contributed by atoms with Crippen LogP contribution in [0.1, 0.15) is 5.56 Å². The maximum absolute atomic E-state index is 10.8. The summed E-state index contributed by atoms with van der Waals surface area (Å²) in [4.78, 5) is 14.6. The summed E-state index contributed by atoms with van der Waals surface area (Å²) in [7, 11) is 0. The number of nitrogens with zero attached hydrogens (tertiary/aromatic N) is 4. The van der Waals surface area contributed by atoms with E-state index in [2.05, 4.69) is 15.3 Å². The molecule has 0 aliphatic heterocycles. The summed E-state index contributed by atoms with van der Waals surface area (Å²) in [5.74, 6) is 0. The zero-order valence-electron chi connectivity index (χ0n) is 9.03. The van der Waals surface area contributed by atoms with Crippen molar-refractivity contribution < 1.29 is 0 Å². The summed E-state index contributed by atoms with van der Waals surface area (Å²) in [6.07, 6.45) is 3.57. The van der Waals surface area contributed by atoms with E-state index in [-0.39, 0.29) is 6.04 Å². The second-order valence-electron chi connectivity index (χ2n) is 3.71. The number of benzene rings is 1. The van der Waals surface area contributed by atoms with E-state index in [0.29, 0.717) is 18.0 Å². The molecule has 0 bridgehead atoms. The van der Waals surface area contributed by atoms with Crippen molar-refractivity contribution in [1.29, 1.82) is 0 Å². The Kier molecular flexibility index (Phi) is 3.82. The van der Waals surface area contributed by atoms with Crippen LogP contribution in [0, 0.1) is 4.91 Å². The molecule has 88 valence electrons. The first-order chi connectivity index (χ1) is 8.28. The van der Waals surface area contributed by atoms with Crippen molar-refractivity contribution in [2.75, 3.05) is 0 Å². The van der Waals surface area contributed by atoms with Crippen LogP contribution >= 0.6 is 11.6 Å². The van der Waals surface area contributed by atoms with Crippen LogP contribution in [0.5, 0.6) is 0 Å². The fourth-order valence-corrected chi connectivity index (χ4v) is 1.70. The Morgan fingerprint density at radius 2 is 2.12 bits per heavy atom. The minimum atomic E-state index is -0.349. The molecular formula is C11H11ClN4O. The van der Waals surface area contributed by atoms with Crippen molar-refractivity contribution in [3.63, 3.8) is 0 Å². The Bertz CT molecular complexity index is 469. The topological polar surface area (TPSA) is 60.1 Å². The third-order valence-corrected chi connectivity index (χ3v) is 2.65. The Hall–Kier alpha value is -1.75. The number of aromatic nitrogens is 3. The highest BCUT2D eigenvalue weighted by molar-refractivity contribution is 6.30.